The Morgan fingerprint density at radius 2 is 1.03 bits per heavy atom. The van der Waals surface area contributed by atoms with Gasteiger partial charge in [0.25, 0.3) is 0 Å². The molecule has 5 nitrogen and oxygen atoms in total. The summed E-state index contributed by atoms with van der Waals surface area (Å²) in [5.41, 5.74) is 0. The van der Waals surface area contributed by atoms with Crippen molar-refractivity contribution >= 4 is 11.8 Å². The highest BCUT2D eigenvalue weighted by atomic mass is 16.2. The van der Waals surface area contributed by atoms with E-state index in [9.17, 15) is 9.59 Å². The minimum Gasteiger partial charge on any atom is -0.339 e. The van der Waals surface area contributed by atoms with Gasteiger partial charge in [0.05, 0.1) is 0 Å². The number of nitrogens with zero attached hydrogens (tertiary/aromatic N) is 2. The van der Waals surface area contributed by atoms with Crippen LogP contribution >= 0.6 is 0 Å². The lowest BCUT2D eigenvalue weighted by atomic mass is 9.71. The Kier molecular flexibility index (Phi) is 6.36. The highest BCUT2D eigenvalue weighted by molar-refractivity contribution is 5.81. The highest BCUT2D eigenvalue weighted by Crippen LogP contribution is 2.39. The third-order valence-electron chi connectivity index (χ3n) is 9.23. The summed E-state index contributed by atoms with van der Waals surface area (Å²) in [6, 6.07) is 1.47. The number of carbonyl (C=O) groups excluding carboxylic acids is 2. The number of hydrogen-bond acceptors (Lipinski definition) is 3. The van der Waals surface area contributed by atoms with Crippen LogP contribution in [-0.4, -0.2) is 59.9 Å². The monoisotopic (exact) mass is 415 g/mol. The molecule has 2 saturated heterocycles. The van der Waals surface area contributed by atoms with Gasteiger partial charge in [0.1, 0.15) is 0 Å². The van der Waals surface area contributed by atoms with Crippen LogP contribution in [0.1, 0.15) is 83.5 Å². The lowest BCUT2D eigenvalue weighted by Crippen LogP contribution is -2.54. The standard InChI is InChI=1S/C25H41N3O2/c29-24(20-5-3-6-20)27-14-16-28(17-15-27)25(30)21-10-8-19(9-11-21)23-13-12-18-4-1-2-7-22(18)26-23/h18-23,26H,1-17H2. The zero-order valence-corrected chi connectivity index (χ0v) is 18.7. The Bertz CT molecular complexity index is 618. The second-order valence-corrected chi connectivity index (χ2v) is 10.9. The number of amides is 2. The van der Waals surface area contributed by atoms with E-state index in [1.54, 1.807) is 0 Å². The topological polar surface area (TPSA) is 52.7 Å². The molecule has 168 valence electrons. The van der Waals surface area contributed by atoms with E-state index < -0.39 is 0 Å². The van der Waals surface area contributed by atoms with E-state index >= 15 is 0 Å². The molecule has 0 bridgehead atoms. The molecule has 3 unspecified atom stereocenters. The van der Waals surface area contributed by atoms with Crippen molar-refractivity contribution in [3.8, 4) is 0 Å². The number of piperazine rings is 1. The molecule has 0 aromatic heterocycles. The summed E-state index contributed by atoms with van der Waals surface area (Å²) in [5.74, 6) is 2.92. The Hall–Kier alpha value is -1.10. The van der Waals surface area contributed by atoms with Gasteiger partial charge in [-0.15, -0.1) is 0 Å². The van der Waals surface area contributed by atoms with E-state index in [-0.39, 0.29) is 11.8 Å². The predicted molar refractivity (Wildman–Crippen MR) is 118 cm³/mol. The van der Waals surface area contributed by atoms with Crippen LogP contribution in [0, 0.1) is 23.7 Å². The van der Waals surface area contributed by atoms with E-state index in [1.165, 1.54) is 57.8 Å². The molecule has 3 aliphatic carbocycles. The van der Waals surface area contributed by atoms with Crippen LogP contribution in [-0.2, 0) is 9.59 Å². The second kappa shape index (κ2) is 9.18. The molecule has 0 spiro atoms. The third kappa shape index (κ3) is 4.28. The zero-order valence-electron chi connectivity index (χ0n) is 18.7. The Balaban J connectivity index is 1.06. The van der Waals surface area contributed by atoms with Crippen molar-refractivity contribution in [2.45, 2.75) is 95.6 Å². The maximum Gasteiger partial charge on any atom is 0.225 e. The number of fused-ring (bicyclic) bond motifs is 1. The lowest BCUT2D eigenvalue weighted by Gasteiger charge is -2.45. The zero-order chi connectivity index (χ0) is 20.5. The predicted octanol–water partition coefficient (Wildman–Crippen LogP) is 3.57. The van der Waals surface area contributed by atoms with Gasteiger partial charge in [-0.1, -0.05) is 19.3 Å². The van der Waals surface area contributed by atoms with Gasteiger partial charge < -0.3 is 15.1 Å². The van der Waals surface area contributed by atoms with Gasteiger partial charge in [0.2, 0.25) is 11.8 Å². The minimum atomic E-state index is 0.223. The first kappa shape index (κ1) is 20.8. The van der Waals surface area contributed by atoms with Crippen LogP contribution < -0.4 is 5.32 Å². The number of carbonyl (C=O) groups is 2. The molecule has 5 fully saturated rings. The molecule has 0 aromatic carbocycles. The van der Waals surface area contributed by atoms with Crippen molar-refractivity contribution in [1.82, 2.24) is 15.1 Å². The summed E-state index contributed by atoms with van der Waals surface area (Å²) in [4.78, 5) is 29.6. The minimum absolute atomic E-state index is 0.223. The first-order valence-corrected chi connectivity index (χ1v) is 13.0. The average molecular weight is 416 g/mol. The fraction of sp³-hybridized carbons (Fsp3) is 0.920. The summed E-state index contributed by atoms with van der Waals surface area (Å²) in [7, 11) is 0. The van der Waals surface area contributed by atoms with Crippen molar-refractivity contribution in [2.24, 2.45) is 23.7 Å². The number of piperidine rings is 1. The second-order valence-electron chi connectivity index (χ2n) is 10.9. The molecule has 30 heavy (non-hydrogen) atoms. The molecule has 3 saturated carbocycles. The number of nitrogens with one attached hydrogen (secondary N) is 1. The van der Waals surface area contributed by atoms with Crippen LogP contribution in [0.5, 0.6) is 0 Å². The van der Waals surface area contributed by atoms with Crippen LogP contribution in [0.25, 0.3) is 0 Å². The van der Waals surface area contributed by atoms with Crippen molar-refractivity contribution < 1.29 is 9.59 Å². The molecule has 0 radical (unpaired) electrons. The molecule has 5 rings (SSSR count). The van der Waals surface area contributed by atoms with E-state index in [2.05, 4.69) is 10.2 Å². The maximum atomic E-state index is 13.1. The summed E-state index contributed by atoms with van der Waals surface area (Å²) in [5, 5.41) is 4.03. The van der Waals surface area contributed by atoms with Gasteiger partial charge in [-0.05, 0) is 76.0 Å². The smallest absolute Gasteiger partial charge is 0.225 e. The van der Waals surface area contributed by atoms with Gasteiger partial charge >= 0.3 is 0 Å². The SMILES string of the molecule is O=C(C1CCC1)N1CCN(C(=O)C2CCC(C3CCC4CCCCC4N3)CC2)CC1. The molecule has 1 N–H and O–H groups in total. The number of rotatable bonds is 3. The molecular formula is C25H41N3O2. The highest BCUT2D eigenvalue weighted by Gasteiger charge is 2.38. The summed E-state index contributed by atoms with van der Waals surface area (Å²) in [6.07, 6.45) is 16.3. The van der Waals surface area contributed by atoms with Gasteiger partial charge in [-0.2, -0.15) is 0 Å². The summed E-state index contributed by atoms with van der Waals surface area (Å²) in [6.45, 7) is 2.96. The van der Waals surface area contributed by atoms with E-state index in [0.717, 1.165) is 69.7 Å². The third-order valence-corrected chi connectivity index (χ3v) is 9.23. The van der Waals surface area contributed by atoms with E-state index in [4.69, 9.17) is 0 Å². The van der Waals surface area contributed by atoms with Crippen LogP contribution in [0.15, 0.2) is 0 Å². The fourth-order valence-electron chi connectivity index (χ4n) is 6.98. The van der Waals surface area contributed by atoms with Gasteiger partial charge in [0, 0.05) is 50.1 Å². The maximum absolute atomic E-state index is 13.1. The quantitative estimate of drug-likeness (QED) is 0.767. The summed E-state index contributed by atoms with van der Waals surface area (Å²) < 4.78 is 0. The lowest BCUT2D eigenvalue weighted by molar-refractivity contribution is -0.146. The first-order chi connectivity index (χ1) is 14.7. The normalized spacial score (nSPS) is 37.9. The molecular weight excluding hydrogens is 374 g/mol. The van der Waals surface area contributed by atoms with Gasteiger partial charge in [0.15, 0.2) is 0 Å². The van der Waals surface area contributed by atoms with Crippen molar-refractivity contribution in [3.05, 3.63) is 0 Å². The molecule has 5 aliphatic rings. The van der Waals surface area contributed by atoms with Gasteiger partial charge in [-0.3, -0.25) is 9.59 Å². The Morgan fingerprint density at radius 1 is 0.533 bits per heavy atom. The molecule has 5 heteroatoms. The van der Waals surface area contributed by atoms with E-state index in [1.807, 2.05) is 4.90 Å². The number of hydrogen-bond donors (Lipinski definition) is 1. The Morgan fingerprint density at radius 3 is 1.63 bits per heavy atom. The van der Waals surface area contributed by atoms with Crippen LogP contribution in [0.2, 0.25) is 0 Å². The van der Waals surface area contributed by atoms with Crippen molar-refractivity contribution in [2.75, 3.05) is 26.2 Å². The van der Waals surface area contributed by atoms with Gasteiger partial charge in [-0.25, -0.2) is 0 Å². The Labute approximate surface area is 182 Å². The first-order valence-electron chi connectivity index (χ1n) is 13.0. The molecule has 3 atom stereocenters. The van der Waals surface area contributed by atoms with Crippen molar-refractivity contribution in [3.63, 3.8) is 0 Å². The summed E-state index contributed by atoms with van der Waals surface area (Å²) >= 11 is 0. The van der Waals surface area contributed by atoms with Crippen molar-refractivity contribution in [1.29, 1.82) is 0 Å². The average Bonchev–Trinajstić information content (AvgIpc) is 2.77. The molecule has 2 amide bonds. The van der Waals surface area contributed by atoms with Crippen LogP contribution in [0.4, 0.5) is 0 Å². The molecule has 0 aromatic rings. The molecule has 2 heterocycles. The fourth-order valence-corrected chi connectivity index (χ4v) is 6.98. The largest absolute Gasteiger partial charge is 0.339 e. The molecule has 2 aliphatic heterocycles. The van der Waals surface area contributed by atoms with E-state index in [0.29, 0.717) is 17.9 Å². The van der Waals surface area contributed by atoms with Crippen LogP contribution in [0.3, 0.4) is 0 Å².